The van der Waals surface area contributed by atoms with Gasteiger partial charge in [0.2, 0.25) is 11.8 Å². The maximum atomic E-state index is 12.4. The number of aryl methyl sites for hydroxylation is 1. The van der Waals surface area contributed by atoms with E-state index in [1.54, 1.807) is 0 Å². The van der Waals surface area contributed by atoms with Crippen LogP contribution >= 0.6 is 11.8 Å². The quantitative estimate of drug-likeness (QED) is 0.560. The Kier molecular flexibility index (Phi) is 6.46. The second-order valence-corrected chi connectivity index (χ2v) is 6.20. The lowest BCUT2D eigenvalue weighted by atomic mass is 10.0. The van der Waals surface area contributed by atoms with Gasteiger partial charge in [0, 0.05) is 4.90 Å². The molecule has 3 N–H and O–H groups in total. The van der Waals surface area contributed by atoms with Crippen molar-refractivity contribution in [1.29, 1.82) is 0 Å². The Balaban J connectivity index is 2.35. The molecule has 5 nitrogen and oxygen atoms in total. The highest BCUT2D eigenvalue weighted by Gasteiger charge is 2.51. The van der Waals surface area contributed by atoms with Crippen LogP contribution in [-0.2, 0) is 9.59 Å². The summed E-state index contributed by atoms with van der Waals surface area (Å²) in [5.41, 5.74) is 1.76. The maximum absolute atomic E-state index is 12.4. The molecule has 0 spiro atoms. The summed E-state index contributed by atoms with van der Waals surface area (Å²) in [6.07, 6.45) is -6.14. The predicted molar refractivity (Wildman–Crippen MR) is 79.5 cm³/mol. The van der Waals surface area contributed by atoms with Crippen LogP contribution in [0.25, 0.3) is 0 Å². The van der Waals surface area contributed by atoms with E-state index in [-0.39, 0.29) is 5.75 Å². The molecule has 1 unspecified atom stereocenters. The third-order valence-corrected chi connectivity index (χ3v) is 3.86. The highest BCUT2D eigenvalue weighted by molar-refractivity contribution is 8.00. The third kappa shape index (κ3) is 6.49. The number of rotatable bonds is 5. The molecular formula is C14H17F3N2O3S. The van der Waals surface area contributed by atoms with Crippen LogP contribution in [0.1, 0.15) is 18.9 Å². The van der Waals surface area contributed by atoms with E-state index < -0.39 is 30.0 Å². The van der Waals surface area contributed by atoms with Crippen molar-refractivity contribution in [2.24, 2.45) is 0 Å². The normalized spacial score (nSPS) is 14.0. The number of nitrogens with one attached hydrogen (secondary N) is 2. The fraction of sp³-hybridized carbons (Fsp3) is 0.429. The van der Waals surface area contributed by atoms with E-state index in [0.717, 1.165) is 10.5 Å². The molecular weight excluding hydrogens is 333 g/mol. The summed E-state index contributed by atoms with van der Waals surface area (Å²) in [7, 11) is 0. The molecule has 0 aliphatic rings. The van der Waals surface area contributed by atoms with Crippen molar-refractivity contribution in [3.05, 3.63) is 29.8 Å². The monoisotopic (exact) mass is 350 g/mol. The standard InChI is InChI=1S/C14H17F3N2O3S/c1-9-3-5-10(6-4-9)23-8-12(21)19-18-11(20)7-13(2,22)14(15,16)17/h3-6,22H,7-8H2,1-2H3,(H,18,20)(H,19,21). The SMILES string of the molecule is Cc1ccc(SCC(=O)NNC(=O)CC(C)(O)C(F)(F)F)cc1. The van der Waals surface area contributed by atoms with Gasteiger partial charge in [0.15, 0.2) is 5.60 Å². The number of aliphatic hydroxyl groups is 1. The first-order chi connectivity index (χ1) is 10.5. The van der Waals surface area contributed by atoms with Gasteiger partial charge in [-0.25, -0.2) is 0 Å². The van der Waals surface area contributed by atoms with E-state index in [4.69, 9.17) is 5.11 Å². The van der Waals surface area contributed by atoms with Crippen LogP contribution in [0.15, 0.2) is 29.2 Å². The number of carbonyl (C=O) groups is 2. The van der Waals surface area contributed by atoms with Crippen molar-refractivity contribution < 1.29 is 27.9 Å². The molecule has 128 valence electrons. The van der Waals surface area contributed by atoms with Crippen LogP contribution < -0.4 is 10.9 Å². The Bertz CT molecular complexity index is 559. The van der Waals surface area contributed by atoms with Gasteiger partial charge in [-0.3, -0.25) is 20.4 Å². The minimum absolute atomic E-state index is 0.0149. The second kappa shape index (κ2) is 7.69. The van der Waals surface area contributed by atoms with Gasteiger partial charge in [0.05, 0.1) is 12.2 Å². The minimum Gasteiger partial charge on any atom is -0.380 e. The van der Waals surface area contributed by atoms with Gasteiger partial charge in [0.1, 0.15) is 0 Å². The van der Waals surface area contributed by atoms with Crippen molar-refractivity contribution in [1.82, 2.24) is 10.9 Å². The lowest BCUT2D eigenvalue weighted by Gasteiger charge is -2.25. The van der Waals surface area contributed by atoms with Crippen LogP contribution in [0.4, 0.5) is 13.2 Å². The Morgan fingerprint density at radius 2 is 1.65 bits per heavy atom. The lowest BCUT2D eigenvalue weighted by Crippen LogP contribution is -2.49. The molecule has 0 aromatic heterocycles. The predicted octanol–water partition coefficient (Wildman–Crippen LogP) is 1.94. The molecule has 0 heterocycles. The number of amides is 2. The fourth-order valence-corrected chi connectivity index (χ4v) is 2.11. The largest absolute Gasteiger partial charge is 0.417 e. The van der Waals surface area contributed by atoms with E-state index in [2.05, 4.69) is 0 Å². The summed E-state index contributed by atoms with van der Waals surface area (Å²) in [6.45, 7) is 2.41. The van der Waals surface area contributed by atoms with E-state index >= 15 is 0 Å². The van der Waals surface area contributed by atoms with Gasteiger partial charge in [-0.2, -0.15) is 13.2 Å². The first-order valence-electron chi connectivity index (χ1n) is 6.57. The Morgan fingerprint density at radius 3 is 2.17 bits per heavy atom. The number of hydrogen-bond donors (Lipinski definition) is 3. The number of hydrazine groups is 1. The third-order valence-electron chi connectivity index (χ3n) is 2.85. The highest BCUT2D eigenvalue weighted by Crippen LogP contribution is 2.32. The van der Waals surface area contributed by atoms with Gasteiger partial charge < -0.3 is 5.11 Å². The minimum atomic E-state index is -4.93. The summed E-state index contributed by atoms with van der Waals surface area (Å²) in [5.74, 6) is -1.73. The van der Waals surface area contributed by atoms with Crippen molar-refractivity contribution in [2.45, 2.75) is 36.9 Å². The van der Waals surface area contributed by atoms with Crippen LogP contribution in [0, 0.1) is 6.92 Å². The average Bonchev–Trinajstić information content (AvgIpc) is 2.43. The molecule has 0 fully saturated rings. The number of benzene rings is 1. The molecule has 1 atom stereocenters. The number of alkyl halides is 3. The molecule has 0 radical (unpaired) electrons. The topological polar surface area (TPSA) is 78.4 Å². The molecule has 0 aliphatic carbocycles. The van der Waals surface area contributed by atoms with E-state index in [1.165, 1.54) is 11.8 Å². The summed E-state index contributed by atoms with van der Waals surface area (Å²) < 4.78 is 37.2. The number of halogens is 3. The van der Waals surface area contributed by atoms with Crippen molar-refractivity contribution in [3.8, 4) is 0 Å². The molecule has 0 aliphatic heterocycles. The van der Waals surface area contributed by atoms with Crippen molar-refractivity contribution in [3.63, 3.8) is 0 Å². The maximum Gasteiger partial charge on any atom is 0.417 e. The molecule has 9 heteroatoms. The number of carbonyl (C=O) groups excluding carboxylic acids is 2. The number of thioether (sulfide) groups is 1. The van der Waals surface area contributed by atoms with Gasteiger partial charge in [-0.1, -0.05) is 17.7 Å². The summed E-state index contributed by atoms with van der Waals surface area (Å²) in [5, 5.41) is 9.16. The van der Waals surface area contributed by atoms with E-state index in [9.17, 15) is 22.8 Å². The van der Waals surface area contributed by atoms with Crippen LogP contribution in [0.3, 0.4) is 0 Å². The Labute approximate surface area is 135 Å². The number of hydrogen-bond acceptors (Lipinski definition) is 4. The fourth-order valence-electron chi connectivity index (χ4n) is 1.42. The highest BCUT2D eigenvalue weighted by atomic mass is 32.2. The average molecular weight is 350 g/mol. The van der Waals surface area contributed by atoms with Crippen molar-refractivity contribution in [2.75, 3.05) is 5.75 Å². The van der Waals surface area contributed by atoms with Crippen LogP contribution in [0.5, 0.6) is 0 Å². The summed E-state index contributed by atoms with van der Waals surface area (Å²) in [6, 6.07) is 7.40. The smallest absolute Gasteiger partial charge is 0.380 e. The van der Waals surface area contributed by atoms with Gasteiger partial charge in [-0.05, 0) is 26.0 Å². The van der Waals surface area contributed by atoms with Crippen molar-refractivity contribution >= 4 is 23.6 Å². The summed E-state index contributed by atoms with van der Waals surface area (Å²) >= 11 is 1.21. The molecule has 1 aromatic rings. The Hall–Kier alpha value is -1.74. The summed E-state index contributed by atoms with van der Waals surface area (Å²) in [4.78, 5) is 23.7. The molecule has 0 saturated heterocycles. The molecule has 2 amide bonds. The Morgan fingerprint density at radius 1 is 1.13 bits per heavy atom. The first-order valence-corrected chi connectivity index (χ1v) is 7.56. The zero-order valence-corrected chi connectivity index (χ0v) is 13.3. The molecule has 0 saturated carbocycles. The second-order valence-electron chi connectivity index (χ2n) is 5.15. The lowest BCUT2D eigenvalue weighted by molar-refractivity contribution is -0.253. The van der Waals surface area contributed by atoms with Gasteiger partial charge in [-0.15, -0.1) is 11.8 Å². The van der Waals surface area contributed by atoms with Gasteiger partial charge in [0.25, 0.3) is 0 Å². The van der Waals surface area contributed by atoms with Crippen LogP contribution in [-0.4, -0.2) is 34.5 Å². The van der Waals surface area contributed by atoms with E-state index in [1.807, 2.05) is 42.0 Å². The molecule has 1 rings (SSSR count). The molecule has 0 bridgehead atoms. The molecule has 1 aromatic carbocycles. The zero-order valence-electron chi connectivity index (χ0n) is 12.5. The zero-order chi connectivity index (χ0) is 17.7. The van der Waals surface area contributed by atoms with Crippen LogP contribution in [0.2, 0.25) is 0 Å². The van der Waals surface area contributed by atoms with Gasteiger partial charge >= 0.3 is 6.18 Å². The first kappa shape index (κ1) is 19.3. The van der Waals surface area contributed by atoms with E-state index in [0.29, 0.717) is 6.92 Å². The molecule has 23 heavy (non-hydrogen) atoms.